The summed E-state index contributed by atoms with van der Waals surface area (Å²) in [7, 11) is 2.07. The maximum atomic E-state index is 12.9. The van der Waals surface area contributed by atoms with Crippen molar-refractivity contribution in [1.29, 1.82) is 0 Å². The number of hydrogen-bond donors (Lipinski definition) is 2. The van der Waals surface area contributed by atoms with E-state index in [-0.39, 0.29) is 17.9 Å². The highest BCUT2D eigenvalue weighted by atomic mass is 16.2. The predicted octanol–water partition coefficient (Wildman–Crippen LogP) is 2.21. The number of pyridine rings is 1. The number of nitrogens with one attached hydrogen (secondary N) is 2. The molecule has 1 saturated heterocycles. The fourth-order valence-electron chi connectivity index (χ4n) is 3.43. The van der Waals surface area contributed by atoms with Crippen LogP contribution in [0.2, 0.25) is 0 Å². The first-order valence-electron chi connectivity index (χ1n) is 9.31. The number of likely N-dealkylation sites (tertiary alicyclic amines) is 1. The van der Waals surface area contributed by atoms with Crippen molar-refractivity contribution in [1.82, 2.24) is 20.5 Å². The first kappa shape index (κ1) is 19.0. The van der Waals surface area contributed by atoms with Crippen LogP contribution in [-0.4, -0.2) is 47.9 Å². The number of rotatable bonds is 5. The van der Waals surface area contributed by atoms with Gasteiger partial charge >= 0.3 is 0 Å². The van der Waals surface area contributed by atoms with Crippen LogP contribution in [0.5, 0.6) is 0 Å². The zero-order valence-electron chi connectivity index (χ0n) is 15.9. The number of amides is 2. The fraction of sp³-hybridized carbons (Fsp3) is 0.381. The molecule has 0 aliphatic carbocycles. The third-order valence-electron chi connectivity index (χ3n) is 4.76. The quantitative estimate of drug-likeness (QED) is 0.851. The smallest absolute Gasteiger partial charge is 0.270 e. The summed E-state index contributed by atoms with van der Waals surface area (Å²) in [6, 6.07) is 11.7. The summed E-state index contributed by atoms with van der Waals surface area (Å²) in [4.78, 5) is 30.6. The average molecular weight is 366 g/mol. The molecule has 1 aromatic heterocycles. The Morgan fingerprint density at radius 1 is 1.26 bits per heavy atom. The first-order chi connectivity index (χ1) is 13.0. The zero-order valence-corrected chi connectivity index (χ0v) is 15.9. The Morgan fingerprint density at radius 3 is 2.89 bits per heavy atom. The van der Waals surface area contributed by atoms with Gasteiger partial charge in [0.25, 0.3) is 5.91 Å². The molecule has 2 N–H and O–H groups in total. The molecule has 1 atom stereocenters. The molecule has 1 aliphatic rings. The van der Waals surface area contributed by atoms with Crippen molar-refractivity contribution < 1.29 is 9.59 Å². The molecule has 142 valence electrons. The van der Waals surface area contributed by atoms with Gasteiger partial charge in [-0.15, -0.1) is 0 Å². The highest BCUT2D eigenvalue weighted by molar-refractivity contribution is 5.99. The Hall–Kier alpha value is -2.73. The highest BCUT2D eigenvalue weighted by Gasteiger charge is 2.22. The number of carbonyl (C=O) groups excluding carboxylic acids is 2. The van der Waals surface area contributed by atoms with Crippen LogP contribution in [0.4, 0.5) is 0 Å². The van der Waals surface area contributed by atoms with E-state index in [0.29, 0.717) is 12.2 Å². The Labute approximate surface area is 160 Å². The molecule has 0 bridgehead atoms. The third-order valence-corrected chi connectivity index (χ3v) is 4.76. The third kappa shape index (κ3) is 5.14. The van der Waals surface area contributed by atoms with Crippen LogP contribution in [0, 0.1) is 0 Å². The molecule has 6 nitrogen and oxygen atoms in total. The summed E-state index contributed by atoms with van der Waals surface area (Å²) in [6.07, 6.45) is 3.72. The zero-order chi connectivity index (χ0) is 19.2. The molecule has 27 heavy (non-hydrogen) atoms. The van der Waals surface area contributed by atoms with Crippen molar-refractivity contribution in [2.45, 2.75) is 32.4 Å². The summed E-state index contributed by atoms with van der Waals surface area (Å²) in [5.74, 6) is -0.211. The van der Waals surface area contributed by atoms with Crippen molar-refractivity contribution >= 4 is 11.8 Å². The van der Waals surface area contributed by atoms with Crippen LogP contribution >= 0.6 is 0 Å². The van der Waals surface area contributed by atoms with Gasteiger partial charge in [0.15, 0.2) is 0 Å². The van der Waals surface area contributed by atoms with Gasteiger partial charge in [0, 0.05) is 37.8 Å². The van der Waals surface area contributed by atoms with Crippen molar-refractivity contribution in [3.05, 3.63) is 53.9 Å². The fourth-order valence-corrected chi connectivity index (χ4v) is 3.43. The second kappa shape index (κ2) is 8.77. The Bertz CT molecular complexity index is 821. The SMILES string of the molecule is CC(=O)NCc1cccc(-c2cccnc2C(=O)N[C@H]2CCCN(C)C2)c1. The molecular formula is C21H26N4O2. The lowest BCUT2D eigenvalue weighted by Gasteiger charge is -2.30. The number of piperidine rings is 1. The lowest BCUT2D eigenvalue weighted by Crippen LogP contribution is -2.46. The van der Waals surface area contributed by atoms with E-state index in [9.17, 15) is 9.59 Å². The summed E-state index contributed by atoms with van der Waals surface area (Å²) in [6.45, 7) is 3.89. The normalized spacial score (nSPS) is 17.3. The molecule has 1 fully saturated rings. The van der Waals surface area contributed by atoms with Crippen molar-refractivity contribution in [2.75, 3.05) is 20.1 Å². The van der Waals surface area contributed by atoms with Crippen LogP contribution in [0.25, 0.3) is 11.1 Å². The molecular weight excluding hydrogens is 340 g/mol. The van der Waals surface area contributed by atoms with Crippen molar-refractivity contribution in [2.24, 2.45) is 0 Å². The molecule has 0 unspecified atom stereocenters. The highest BCUT2D eigenvalue weighted by Crippen LogP contribution is 2.23. The number of nitrogens with zero attached hydrogens (tertiary/aromatic N) is 2. The average Bonchev–Trinajstić information content (AvgIpc) is 2.66. The van der Waals surface area contributed by atoms with Crippen molar-refractivity contribution in [3.8, 4) is 11.1 Å². The molecule has 2 aromatic rings. The van der Waals surface area contributed by atoms with Crippen LogP contribution < -0.4 is 10.6 Å². The summed E-state index contributed by atoms with van der Waals surface area (Å²) < 4.78 is 0. The lowest BCUT2D eigenvalue weighted by atomic mass is 10.0. The van der Waals surface area contributed by atoms with Gasteiger partial charge in [-0.25, -0.2) is 0 Å². The van der Waals surface area contributed by atoms with E-state index in [2.05, 4.69) is 27.6 Å². The first-order valence-corrected chi connectivity index (χ1v) is 9.31. The molecule has 3 rings (SSSR count). The van der Waals surface area contributed by atoms with Gasteiger partial charge in [0.2, 0.25) is 5.91 Å². The van der Waals surface area contributed by atoms with Gasteiger partial charge in [-0.1, -0.05) is 24.3 Å². The van der Waals surface area contributed by atoms with Gasteiger partial charge in [0.1, 0.15) is 5.69 Å². The van der Waals surface area contributed by atoms with E-state index in [1.54, 1.807) is 6.20 Å². The molecule has 2 heterocycles. The van der Waals surface area contributed by atoms with E-state index in [1.165, 1.54) is 6.92 Å². The van der Waals surface area contributed by atoms with Crippen LogP contribution in [0.1, 0.15) is 35.8 Å². The van der Waals surface area contributed by atoms with Gasteiger partial charge < -0.3 is 15.5 Å². The molecule has 1 aliphatic heterocycles. The summed E-state index contributed by atoms with van der Waals surface area (Å²) >= 11 is 0. The van der Waals surface area contributed by atoms with Crippen LogP contribution in [-0.2, 0) is 11.3 Å². The molecule has 2 amide bonds. The van der Waals surface area contributed by atoms with E-state index in [1.807, 2.05) is 36.4 Å². The molecule has 1 aromatic carbocycles. The Morgan fingerprint density at radius 2 is 2.11 bits per heavy atom. The Kier molecular flexibility index (Phi) is 6.19. The second-order valence-corrected chi connectivity index (χ2v) is 7.08. The number of carbonyl (C=O) groups is 2. The number of benzene rings is 1. The van der Waals surface area contributed by atoms with Gasteiger partial charge in [-0.05, 0) is 49.7 Å². The minimum atomic E-state index is -0.141. The van der Waals surface area contributed by atoms with E-state index >= 15 is 0 Å². The Balaban J connectivity index is 1.80. The standard InChI is InChI=1S/C21H26N4O2/c1-15(26)23-13-16-6-3-7-17(12-16)19-9-4-10-22-20(19)21(27)24-18-8-5-11-25(2)14-18/h3-4,6-7,9-10,12,18H,5,8,11,13-14H2,1-2H3,(H,23,26)(H,24,27)/t18-/m0/s1. The van der Waals surface area contributed by atoms with Crippen molar-refractivity contribution in [3.63, 3.8) is 0 Å². The molecule has 0 radical (unpaired) electrons. The van der Waals surface area contributed by atoms with E-state index in [4.69, 9.17) is 0 Å². The summed E-state index contributed by atoms with van der Waals surface area (Å²) in [5.41, 5.74) is 3.12. The maximum absolute atomic E-state index is 12.9. The van der Waals surface area contributed by atoms with E-state index in [0.717, 1.165) is 42.6 Å². The molecule has 0 spiro atoms. The minimum absolute atomic E-state index is 0.0701. The molecule has 0 saturated carbocycles. The number of hydrogen-bond acceptors (Lipinski definition) is 4. The number of aromatic nitrogens is 1. The van der Waals surface area contributed by atoms with Gasteiger partial charge in [0.05, 0.1) is 0 Å². The second-order valence-electron chi connectivity index (χ2n) is 7.08. The lowest BCUT2D eigenvalue weighted by molar-refractivity contribution is -0.119. The van der Waals surface area contributed by atoms with Gasteiger partial charge in [-0.2, -0.15) is 0 Å². The minimum Gasteiger partial charge on any atom is -0.352 e. The topological polar surface area (TPSA) is 74.3 Å². The van der Waals surface area contributed by atoms with Crippen LogP contribution in [0.3, 0.4) is 0 Å². The van der Waals surface area contributed by atoms with Gasteiger partial charge in [-0.3, -0.25) is 14.6 Å². The maximum Gasteiger partial charge on any atom is 0.270 e. The number of likely N-dealkylation sites (N-methyl/N-ethyl adjacent to an activating group) is 1. The summed E-state index contributed by atoms with van der Waals surface area (Å²) in [5, 5.41) is 5.93. The largest absolute Gasteiger partial charge is 0.352 e. The predicted molar refractivity (Wildman–Crippen MR) is 105 cm³/mol. The monoisotopic (exact) mass is 366 g/mol. The molecule has 6 heteroatoms. The van der Waals surface area contributed by atoms with Crippen LogP contribution in [0.15, 0.2) is 42.6 Å². The van der Waals surface area contributed by atoms with E-state index < -0.39 is 0 Å².